The van der Waals surface area contributed by atoms with Crippen molar-refractivity contribution < 1.29 is 0 Å². The van der Waals surface area contributed by atoms with Crippen molar-refractivity contribution in [3.05, 3.63) is 12.2 Å². The van der Waals surface area contributed by atoms with Gasteiger partial charge in [0, 0.05) is 6.04 Å². The van der Waals surface area contributed by atoms with Gasteiger partial charge in [0.05, 0.1) is 6.54 Å². The van der Waals surface area contributed by atoms with Gasteiger partial charge in [-0.3, -0.25) is 0 Å². The van der Waals surface area contributed by atoms with Gasteiger partial charge in [-0.1, -0.05) is 25.0 Å². The van der Waals surface area contributed by atoms with Crippen molar-refractivity contribution in [3.8, 4) is 0 Å². The molecule has 2 fully saturated rings. The fourth-order valence-corrected chi connectivity index (χ4v) is 3.04. The molecular formula is C13H23N3. The zero-order chi connectivity index (χ0) is 11.6. The lowest BCUT2D eigenvalue weighted by Crippen LogP contribution is -2.55. The number of guanidine groups is 1. The van der Waals surface area contributed by atoms with E-state index >= 15 is 0 Å². The first-order valence-electron chi connectivity index (χ1n) is 6.33. The van der Waals surface area contributed by atoms with Gasteiger partial charge in [-0.15, -0.1) is 0 Å². The molecule has 1 unspecified atom stereocenters. The Morgan fingerprint density at radius 1 is 1.44 bits per heavy atom. The summed E-state index contributed by atoms with van der Waals surface area (Å²) in [5.74, 6) is 0.596. The fourth-order valence-electron chi connectivity index (χ4n) is 3.04. The third-order valence-corrected chi connectivity index (χ3v) is 4.11. The average Bonchev–Trinajstić information content (AvgIpc) is 2.72. The molecular weight excluding hydrogens is 198 g/mol. The summed E-state index contributed by atoms with van der Waals surface area (Å²) in [6, 6.07) is 0.573. The molecule has 16 heavy (non-hydrogen) atoms. The fraction of sp³-hybridized carbons (Fsp3) is 0.769. The number of nitrogens with one attached hydrogen (secondary N) is 1. The van der Waals surface area contributed by atoms with E-state index in [1.165, 1.54) is 38.5 Å². The minimum atomic E-state index is 0.559. The van der Waals surface area contributed by atoms with Crippen LogP contribution in [0, 0.1) is 5.41 Å². The van der Waals surface area contributed by atoms with Crippen LogP contribution in [-0.4, -0.2) is 18.5 Å². The first kappa shape index (κ1) is 11.5. The molecule has 0 radical (unpaired) electrons. The third-order valence-electron chi connectivity index (χ3n) is 4.11. The zero-order valence-electron chi connectivity index (χ0n) is 10.3. The van der Waals surface area contributed by atoms with Crippen LogP contribution in [0.5, 0.6) is 0 Å². The van der Waals surface area contributed by atoms with Crippen LogP contribution in [0.4, 0.5) is 0 Å². The Kier molecular flexibility index (Phi) is 3.22. The highest BCUT2D eigenvalue weighted by molar-refractivity contribution is 5.78. The molecule has 0 aromatic rings. The van der Waals surface area contributed by atoms with Gasteiger partial charge in [0.25, 0.3) is 0 Å². The normalized spacial score (nSPS) is 27.8. The largest absolute Gasteiger partial charge is 0.370 e. The van der Waals surface area contributed by atoms with Gasteiger partial charge in [0.1, 0.15) is 0 Å². The van der Waals surface area contributed by atoms with Crippen molar-refractivity contribution in [3.63, 3.8) is 0 Å². The monoisotopic (exact) mass is 221 g/mol. The van der Waals surface area contributed by atoms with Crippen LogP contribution in [0.1, 0.15) is 45.4 Å². The second-order valence-corrected chi connectivity index (χ2v) is 5.46. The molecule has 3 nitrogen and oxygen atoms in total. The molecule has 0 bridgehead atoms. The Morgan fingerprint density at radius 3 is 2.62 bits per heavy atom. The van der Waals surface area contributed by atoms with Crippen LogP contribution in [-0.2, 0) is 0 Å². The number of hydrogen-bond acceptors (Lipinski definition) is 1. The molecule has 90 valence electrons. The summed E-state index contributed by atoms with van der Waals surface area (Å²) >= 11 is 0. The molecule has 2 aliphatic rings. The molecule has 0 heterocycles. The molecule has 2 aliphatic carbocycles. The Balaban J connectivity index is 1.85. The van der Waals surface area contributed by atoms with E-state index in [1.807, 2.05) is 6.92 Å². The van der Waals surface area contributed by atoms with Gasteiger partial charge in [-0.2, -0.15) is 0 Å². The summed E-state index contributed by atoms with van der Waals surface area (Å²) in [5.41, 5.74) is 7.49. The highest BCUT2D eigenvalue weighted by Gasteiger charge is 2.48. The molecule has 3 N–H and O–H groups in total. The van der Waals surface area contributed by atoms with Crippen LogP contribution in [0.3, 0.4) is 0 Å². The molecule has 2 saturated carbocycles. The van der Waals surface area contributed by atoms with E-state index in [4.69, 9.17) is 5.73 Å². The Morgan fingerprint density at radius 2 is 2.12 bits per heavy atom. The van der Waals surface area contributed by atoms with Gasteiger partial charge >= 0.3 is 0 Å². The van der Waals surface area contributed by atoms with E-state index in [-0.39, 0.29) is 0 Å². The highest BCUT2D eigenvalue weighted by atomic mass is 15.1. The predicted molar refractivity (Wildman–Crippen MR) is 68.4 cm³/mol. The summed E-state index contributed by atoms with van der Waals surface area (Å²) in [4.78, 5) is 4.28. The van der Waals surface area contributed by atoms with Gasteiger partial charge in [0.15, 0.2) is 5.96 Å². The number of nitrogens with two attached hydrogens (primary N) is 1. The van der Waals surface area contributed by atoms with E-state index in [9.17, 15) is 0 Å². The van der Waals surface area contributed by atoms with Crippen LogP contribution in [0.25, 0.3) is 0 Å². The van der Waals surface area contributed by atoms with Crippen molar-refractivity contribution in [2.45, 2.75) is 51.5 Å². The number of aliphatic imine (C=N–C) groups is 1. The first-order valence-corrected chi connectivity index (χ1v) is 6.33. The third kappa shape index (κ3) is 2.23. The zero-order valence-corrected chi connectivity index (χ0v) is 10.3. The van der Waals surface area contributed by atoms with E-state index in [1.54, 1.807) is 0 Å². The van der Waals surface area contributed by atoms with Crippen molar-refractivity contribution in [1.29, 1.82) is 0 Å². The number of rotatable bonds is 3. The Hall–Kier alpha value is -0.990. The number of nitrogens with zero attached hydrogens (tertiary/aromatic N) is 1. The van der Waals surface area contributed by atoms with Crippen molar-refractivity contribution >= 4 is 5.96 Å². The van der Waals surface area contributed by atoms with Gasteiger partial charge in [0.2, 0.25) is 0 Å². The molecule has 3 heteroatoms. The Labute approximate surface area is 98.2 Å². The van der Waals surface area contributed by atoms with E-state index in [0.29, 0.717) is 24.0 Å². The van der Waals surface area contributed by atoms with Crippen LogP contribution in [0.2, 0.25) is 0 Å². The minimum Gasteiger partial charge on any atom is -0.370 e. The van der Waals surface area contributed by atoms with E-state index in [0.717, 1.165) is 5.57 Å². The second-order valence-electron chi connectivity index (χ2n) is 5.46. The summed E-state index contributed by atoms with van der Waals surface area (Å²) in [5, 5.41) is 3.39. The molecule has 2 rings (SSSR count). The topological polar surface area (TPSA) is 50.4 Å². The lowest BCUT2D eigenvalue weighted by Gasteiger charge is -2.47. The Bertz CT molecular complexity index is 300. The molecule has 0 saturated heterocycles. The van der Waals surface area contributed by atoms with Crippen LogP contribution in [0.15, 0.2) is 17.1 Å². The maximum absolute atomic E-state index is 5.88. The summed E-state index contributed by atoms with van der Waals surface area (Å²) in [7, 11) is 0. The van der Waals surface area contributed by atoms with Gasteiger partial charge in [-0.25, -0.2) is 4.99 Å². The van der Waals surface area contributed by atoms with Crippen molar-refractivity contribution in [1.82, 2.24) is 5.32 Å². The SMILES string of the molecule is C=C(C)CN=C(N)NC1CCC12CCCC2. The van der Waals surface area contributed by atoms with Crippen molar-refractivity contribution in [2.24, 2.45) is 16.1 Å². The lowest BCUT2D eigenvalue weighted by molar-refractivity contribution is 0.0872. The average molecular weight is 221 g/mol. The standard InChI is InChI=1S/C13H23N3/c1-10(2)9-15-12(14)16-11-5-8-13(11)6-3-4-7-13/h11H,1,3-9H2,2H3,(H3,14,15,16). The summed E-state index contributed by atoms with van der Waals surface area (Å²) in [6.07, 6.45) is 8.15. The summed E-state index contributed by atoms with van der Waals surface area (Å²) in [6.45, 7) is 6.43. The van der Waals surface area contributed by atoms with Crippen LogP contribution < -0.4 is 11.1 Å². The second kappa shape index (κ2) is 4.48. The molecule has 0 aliphatic heterocycles. The molecule has 0 aromatic carbocycles. The molecule has 0 aromatic heterocycles. The minimum absolute atomic E-state index is 0.559. The van der Waals surface area contributed by atoms with Gasteiger partial charge in [-0.05, 0) is 38.0 Å². The molecule has 1 atom stereocenters. The highest BCUT2D eigenvalue weighted by Crippen LogP contribution is 2.53. The first-order chi connectivity index (χ1) is 7.62. The maximum Gasteiger partial charge on any atom is 0.189 e. The predicted octanol–water partition coefficient (Wildman–Crippen LogP) is 2.19. The lowest BCUT2D eigenvalue weighted by atomic mass is 9.63. The maximum atomic E-state index is 5.88. The molecule has 1 spiro atoms. The molecule has 0 amide bonds. The number of hydrogen-bond donors (Lipinski definition) is 2. The van der Waals surface area contributed by atoms with E-state index in [2.05, 4.69) is 16.9 Å². The quantitative estimate of drug-likeness (QED) is 0.436. The van der Waals surface area contributed by atoms with E-state index < -0.39 is 0 Å². The summed E-state index contributed by atoms with van der Waals surface area (Å²) < 4.78 is 0. The smallest absolute Gasteiger partial charge is 0.189 e. The van der Waals surface area contributed by atoms with Crippen LogP contribution >= 0.6 is 0 Å². The van der Waals surface area contributed by atoms with Crippen molar-refractivity contribution in [2.75, 3.05) is 6.54 Å². The van der Waals surface area contributed by atoms with Gasteiger partial charge < -0.3 is 11.1 Å².